The number of hydrogen-bond donors (Lipinski definition) is 2. The highest BCUT2D eigenvalue weighted by molar-refractivity contribution is 6.00. The number of likely N-dealkylation sites (tertiary alicyclic amines) is 1. The van der Waals surface area contributed by atoms with E-state index in [0.717, 1.165) is 58.5 Å². The van der Waals surface area contributed by atoms with Crippen LogP contribution < -0.4 is 16.2 Å². The van der Waals surface area contributed by atoms with Gasteiger partial charge in [-0.15, -0.1) is 0 Å². The van der Waals surface area contributed by atoms with Crippen molar-refractivity contribution in [3.8, 4) is 28.5 Å². The van der Waals surface area contributed by atoms with Crippen molar-refractivity contribution in [1.82, 2.24) is 24.0 Å². The summed E-state index contributed by atoms with van der Waals surface area (Å²) >= 11 is 0. The molecule has 2 aliphatic rings. The van der Waals surface area contributed by atoms with Crippen LogP contribution in [0.25, 0.3) is 44.8 Å². The number of nitrogens with zero attached hydrogens (tertiary/aromatic N) is 5. The van der Waals surface area contributed by atoms with Crippen molar-refractivity contribution in [2.45, 2.75) is 44.9 Å². The number of primary amides is 1. The highest BCUT2D eigenvalue weighted by Gasteiger charge is 2.30. The highest BCUT2D eigenvalue weighted by atomic mass is 19.1. The molecule has 5 aromatic rings. The van der Waals surface area contributed by atoms with E-state index in [9.17, 15) is 14.0 Å². The Labute approximate surface area is 259 Å². The lowest BCUT2D eigenvalue weighted by Gasteiger charge is -2.33. The third-order valence-electron chi connectivity index (χ3n) is 9.03. The molecule has 7 rings (SSSR count). The van der Waals surface area contributed by atoms with Crippen molar-refractivity contribution in [3.05, 3.63) is 65.2 Å². The molecule has 10 nitrogen and oxygen atoms in total. The first-order chi connectivity index (χ1) is 21.6. The molecular weight excluding hydrogens is 573 g/mol. The number of piperidine rings is 1. The minimum Gasteiger partial charge on any atom is -0.494 e. The standard InChI is InChI=1S/C34H36FN7O3/c1-18-4-7-20(31(37)43)10-25(18)26-9-8-21-12-28(42(32(21)38-26)15-19-5-6-19)33-39-27-11-22(13-29(45-3)30(27)40(33)2)34(44)41-16-23(35)14-24(36)17-41/h4,7-13,19,23-24H,5-6,14-17,36H2,1-3H3,(H2,37,43)/t23-,24-/m1/s1. The van der Waals surface area contributed by atoms with Crippen molar-refractivity contribution in [2.24, 2.45) is 24.4 Å². The summed E-state index contributed by atoms with van der Waals surface area (Å²) in [6.07, 6.45) is 1.41. The largest absolute Gasteiger partial charge is 0.494 e. The fourth-order valence-corrected chi connectivity index (χ4v) is 6.50. The van der Waals surface area contributed by atoms with E-state index in [2.05, 4.69) is 10.6 Å². The summed E-state index contributed by atoms with van der Waals surface area (Å²) < 4.78 is 24.2. The number of rotatable bonds is 7. The number of methoxy groups -OCH3 is 1. The molecule has 2 aromatic carbocycles. The number of halogens is 1. The van der Waals surface area contributed by atoms with E-state index in [4.69, 9.17) is 26.2 Å². The molecule has 4 N–H and O–H groups in total. The molecule has 2 fully saturated rings. The summed E-state index contributed by atoms with van der Waals surface area (Å²) in [5.41, 5.74) is 18.1. The normalized spacial score (nSPS) is 18.6. The van der Waals surface area contributed by atoms with Gasteiger partial charge in [0.05, 0.1) is 30.6 Å². The molecule has 4 heterocycles. The van der Waals surface area contributed by atoms with Gasteiger partial charge in [0.25, 0.3) is 5.91 Å². The van der Waals surface area contributed by atoms with E-state index in [1.807, 2.05) is 36.7 Å². The van der Waals surface area contributed by atoms with E-state index in [1.165, 1.54) is 4.90 Å². The van der Waals surface area contributed by atoms with Crippen LogP contribution in [0.2, 0.25) is 0 Å². The number of carbonyl (C=O) groups excluding carboxylic acids is 2. The molecule has 0 bridgehead atoms. The lowest BCUT2D eigenvalue weighted by molar-refractivity contribution is 0.0606. The summed E-state index contributed by atoms with van der Waals surface area (Å²) in [6.45, 7) is 3.10. The lowest BCUT2D eigenvalue weighted by Crippen LogP contribution is -2.50. The van der Waals surface area contributed by atoms with Crippen LogP contribution in [0.5, 0.6) is 5.75 Å². The molecule has 11 heteroatoms. The van der Waals surface area contributed by atoms with Crippen molar-refractivity contribution in [3.63, 3.8) is 0 Å². The Hall–Kier alpha value is -4.77. The van der Waals surface area contributed by atoms with Crippen LogP contribution in [-0.2, 0) is 13.6 Å². The molecule has 1 aliphatic carbocycles. The quantitative estimate of drug-likeness (QED) is 0.277. The Balaban J connectivity index is 1.35. The average Bonchev–Trinajstić information content (AvgIpc) is 3.69. The number of ether oxygens (including phenoxy) is 1. The second-order valence-corrected chi connectivity index (χ2v) is 12.4. The Morgan fingerprint density at radius 3 is 2.56 bits per heavy atom. The van der Waals surface area contributed by atoms with Gasteiger partial charge in [0, 0.05) is 48.3 Å². The van der Waals surface area contributed by atoms with E-state index in [0.29, 0.717) is 40.7 Å². The zero-order valence-corrected chi connectivity index (χ0v) is 25.6. The van der Waals surface area contributed by atoms with Crippen LogP contribution in [0.15, 0.2) is 48.5 Å². The summed E-state index contributed by atoms with van der Waals surface area (Å²) in [5.74, 6) is 0.989. The third-order valence-corrected chi connectivity index (χ3v) is 9.03. The number of fused-ring (bicyclic) bond motifs is 2. The van der Waals surface area contributed by atoms with Crippen molar-refractivity contribution >= 4 is 33.9 Å². The van der Waals surface area contributed by atoms with Gasteiger partial charge in [-0.1, -0.05) is 6.07 Å². The van der Waals surface area contributed by atoms with Crippen LogP contribution in [0.4, 0.5) is 4.39 Å². The minimum absolute atomic E-state index is 0.0168. The molecular formula is C34H36FN7O3. The molecule has 1 saturated heterocycles. The summed E-state index contributed by atoms with van der Waals surface area (Å²) in [7, 11) is 3.50. The maximum Gasteiger partial charge on any atom is 0.254 e. The number of amides is 2. The maximum absolute atomic E-state index is 14.3. The lowest BCUT2D eigenvalue weighted by atomic mass is 10.0. The predicted molar refractivity (Wildman–Crippen MR) is 171 cm³/mol. The number of imidazole rings is 1. The van der Waals surface area contributed by atoms with Gasteiger partial charge in [0.2, 0.25) is 5.91 Å². The topological polar surface area (TPSA) is 134 Å². The zero-order valence-electron chi connectivity index (χ0n) is 25.6. The molecule has 0 unspecified atom stereocenters. The van der Waals surface area contributed by atoms with Crippen LogP contribution in [0.3, 0.4) is 0 Å². The van der Waals surface area contributed by atoms with Gasteiger partial charge in [-0.25, -0.2) is 14.4 Å². The number of aromatic nitrogens is 4. The Morgan fingerprint density at radius 2 is 1.84 bits per heavy atom. The minimum atomic E-state index is -1.15. The Morgan fingerprint density at radius 1 is 1.04 bits per heavy atom. The predicted octanol–water partition coefficient (Wildman–Crippen LogP) is 4.59. The van der Waals surface area contributed by atoms with Gasteiger partial charge < -0.3 is 30.2 Å². The number of hydrogen-bond acceptors (Lipinski definition) is 6. The van der Waals surface area contributed by atoms with E-state index >= 15 is 0 Å². The fourth-order valence-electron chi connectivity index (χ4n) is 6.50. The van der Waals surface area contributed by atoms with Gasteiger partial charge in [-0.05, 0) is 80.1 Å². The molecule has 2 amide bonds. The average molecular weight is 610 g/mol. The van der Waals surface area contributed by atoms with Gasteiger partial charge in [-0.2, -0.15) is 0 Å². The van der Waals surface area contributed by atoms with Gasteiger partial charge >= 0.3 is 0 Å². The number of alkyl halides is 1. The first-order valence-corrected chi connectivity index (χ1v) is 15.3. The van der Waals surface area contributed by atoms with Crippen LogP contribution in [-0.4, -0.2) is 68.2 Å². The van der Waals surface area contributed by atoms with Crippen LogP contribution in [0, 0.1) is 12.8 Å². The summed E-state index contributed by atoms with van der Waals surface area (Å²) in [5, 5.41) is 0.968. The monoisotopic (exact) mass is 609 g/mol. The third kappa shape index (κ3) is 5.20. The van der Waals surface area contributed by atoms with E-state index in [-0.39, 0.29) is 18.9 Å². The smallest absolute Gasteiger partial charge is 0.254 e. The Bertz CT molecular complexity index is 1980. The first-order valence-electron chi connectivity index (χ1n) is 15.3. The molecule has 1 aliphatic heterocycles. The van der Waals surface area contributed by atoms with Crippen LogP contribution in [0.1, 0.15) is 45.5 Å². The first kappa shape index (κ1) is 29.0. The number of carbonyl (C=O) groups is 2. The molecule has 3 aromatic heterocycles. The number of nitrogens with two attached hydrogens (primary N) is 2. The molecule has 2 atom stereocenters. The van der Waals surface area contributed by atoms with E-state index in [1.54, 1.807) is 31.4 Å². The number of aryl methyl sites for hydroxylation is 2. The molecule has 0 radical (unpaired) electrons. The Kier molecular flexibility index (Phi) is 7.07. The number of pyridine rings is 1. The van der Waals surface area contributed by atoms with Gasteiger partial charge in [0.1, 0.15) is 23.1 Å². The van der Waals surface area contributed by atoms with Gasteiger partial charge in [0.15, 0.2) is 5.82 Å². The zero-order chi connectivity index (χ0) is 31.6. The number of benzene rings is 2. The van der Waals surface area contributed by atoms with Crippen LogP contribution >= 0.6 is 0 Å². The highest BCUT2D eigenvalue weighted by Crippen LogP contribution is 2.38. The van der Waals surface area contributed by atoms with E-state index < -0.39 is 18.1 Å². The molecule has 0 spiro atoms. The van der Waals surface area contributed by atoms with Crippen molar-refractivity contribution in [2.75, 3.05) is 20.2 Å². The SMILES string of the molecule is COc1cc(C(=O)N2C[C@H](N)C[C@@H](F)C2)cc2nc(-c3cc4ccc(-c5cc(C(N)=O)ccc5C)nc4n3CC3CC3)n(C)c12. The summed E-state index contributed by atoms with van der Waals surface area (Å²) in [4.78, 5) is 37.0. The maximum atomic E-state index is 14.3. The molecule has 45 heavy (non-hydrogen) atoms. The fraction of sp³-hybridized carbons (Fsp3) is 0.353. The van der Waals surface area contributed by atoms with Gasteiger partial charge in [-0.3, -0.25) is 9.59 Å². The summed E-state index contributed by atoms with van der Waals surface area (Å²) in [6, 6.07) is 14.6. The van der Waals surface area contributed by atoms with Crippen molar-refractivity contribution < 1.29 is 18.7 Å². The molecule has 1 saturated carbocycles. The molecule has 232 valence electrons. The second-order valence-electron chi connectivity index (χ2n) is 12.4. The second kappa shape index (κ2) is 11.0. The van der Waals surface area contributed by atoms with Crippen molar-refractivity contribution in [1.29, 1.82) is 0 Å².